The molecule has 4 nitrogen and oxygen atoms in total. The van der Waals surface area contributed by atoms with Crippen LogP contribution >= 0.6 is 34.2 Å². The quantitative estimate of drug-likeness (QED) is 0.725. The largest absolute Gasteiger partial charge is 0.243 e. The number of hydrogen-bond donors (Lipinski definition) is 0. The van der Waals surface area contributed by atoms with E-state index in [2.05, 4.69) is 27.6 Å². The molecule has 0 aliphatic heterocycles. The summed E-state index contributed by atoms with van der Waals surface area (Å²) in [5, 5.41) is 0.713. The predicted octanol–water partition coefficient (Wildman–Crippen LogP) is 3.52. The van der Waals surface area contributed by atoms with Crippen molar-refractivity contribution in [2.75, 3.05) is 0 Å². The summed E-state index contributed by atoms with van der Waals surface area (Å²) < 4.78 is 27.2. The van der Waals surface area contributed by atoms with Gasteiger partial charge in [0.2, 0.25) is 10.0 Å². The zero-order valence-electron chi connectivity index (χ0n) is 10.8. The van der Waals surface area contributed by atoms with Crippen molar-refractivity contribution in [2.24, 2.45) is 5.92 Å². The molecule has 0 saturated heterocycles. The van der Waals surface area contributed by atoms with Gasteiger partial charge in [-0.25, -0.2) is 17.4 Å². The molecule has 0 saturated carbocycles. The third-order valence-corrected chi connectivity index (χ3v) is 6.68. The molecular weight excluding hydrogens is 399 g/mol. The molecular formula is C12H14ClIN2O2S. The molecule has 0 fully saturated rings. The lowest BCUT2D eigenvalue weighted by Crippen LogP contribution is -2.29. The molecule has 0 aliphatic carbocycles. The summed E-state index contributed by atoms with van der Waals surface area (Å²) in [7, 11) is -3.47. The number of hydrogen-bond acceptors (Lipinski definition) is 3. The number of rotatable bonds is 3. The molecule has 0 spiro atoms. The van der Waals surface area contributed by atoms with E-state index in [1.54, 1.807) is 19.2 Å². The topological polar surface area (TPSA) is 52.0 Å². The van der Waals surface area contributed by atoms with Crippen LogP contribution in [-0.4, -0.2) is 22.6 Å². The van der Waals surface area contributed by atoms with E-state index in [1.807, 2.05) is 13.8 Å². The standard InChI is InChI=1S/C12H14ClIN2O2S/c1-7(2)8(3)19(17,18)16-6-10(14)11-9(13)4-5-15-12(11)16/h4-8H,1-3H3. The van der Waals surface area contributed by atoms with Gasteiger partial charge >= 0.3 is 0 Å². The first-order valence-electron chi connectivity index (χ1n) is 5.82. The fourth-order valence-corrected chi connectivity index (χ4v) is 4.84. The van der Waals surface area contributed by atoms with E-state index in [4.69, 9.17) is 11.6 Å². The van der Waals surface area contributed by atoms with Gasteiger partial charge in [-0.15, -0.1) is 0 Å². The molecule has 7 heteroatoms. The van der Waals surface area contributed by atoms with E-state index in [0.717, 1.165) is 3.57 Å². The van der Waals surface area contributed by atoms with Gasteiger partial charge in [0.05, 0.1) is 15.7 Å². The molecule has 0 radical (unpaired) electrons. The van der Waals surface area contributed by atoms with E-state index in [9.17, 15) is 8.42 Å². The molecule has 2 heterocycles. The lowest BCUT2D eigenvalue weighted by atomic mass is 10.2. The van der Waals surface area contributed by atoms with Crippen molar-refractivity contribution < 1.29 is 8.42 Å². The molecule has 0 bridgehead atoms. The molecule has 0 aliphatic rings. The highest BCUT2D eigenvalue weighted by Gasteiger charge is 2.28. The normalized spacial score (nSPS) is 14.2. The summed E-state index contributed by atoms with van der Waals surface area (Å²) in [6, 6.07) is 1.66. The first kappa shape index (κ1) is 15.1. The van der Waals surface area contributed by atoms with E-state index >= 15 is 0 Å². The summed E-state index contributed by atoms with van der Waals surface area (Å²) in [5.41, 5.74) is 0.393. The Bertz CT molecular complexity index is 725. The van der Waals surface area contributed by atoms with Crippen LogP contribution in [0.3, 0.4) is 0 Å². The van der Waals surface area contributed by atoms with Crippen molar-refractivity contribution in [3.63, 3.8) is 0 Å². The second-order valence-corrected chi connectivity index (χ2v) is 8.49. The average Bonchev–Trinajstić information content (AvgIpc) is 2.67. The van der Waals surface area contributed by atoms with E-state index < -0.39 is 15.3 Å². The number of nitrogens with zero attached hydrogens (tertiary/aromatic N) is 2. The zero-order valence-corrected chi connectivity index (χ0v) is 14.5. The van der Waals surface area contributed by atoms with Gasteiger partial charge in [-0.2, -0.15) is 0 Å². The van der Waals surface area contributed by atoms with Crippen LogP contribution in [0.2, 0.25) is 5.02 Å². The maximum Gasteiger partial charge on any atom is 0.243 e. The summed E-state index contributed by atoms with van der Waals surface area (Å²) in [6.45, 7) is 5.49. The minimum Gasteiger partial charge on any atom is -0.237 e. The second kappa shape index (κ2) is 5.21. The van der Waals surface area contributed by atoms with Crippen LogP contribution in [0.15, 0.2) is 18.5 Å². The maximum atomic E-state index is 12.6. The Hall–Kier alpha value is -0.340. The average molecular weight is 413 g/mol. The Balaban J connectivity index is 2.75. The predicted molar refractivity (Wildman–Crippen MR) is 86.1 cm³/mol. The van der Waals surface area contributed by atoms with Gasteiger partial charge in [-0.1, -0.05) is 25.4 Å². The third-order valence-electron chi connectivity index (χ3n) is 3.24. The first-order valence-corrected chi connectivity index (χ1v) is 8.78. The van der Waals surface area contributed by atoms with Crippen molar-refractivity contribution >= 4 is 55.2 Å². The van der Waals surface area contributed by atoms with E-state index in [-0.39, 0.29) is 5.92 Å². The van der Waals surface area contributed by atoms with Gasteiger partial charge in [0.25, 0.3) is 0 Å². The number of halogens is 2. The van der Waals surface area contributed by atoms with Crippen molar-refractivity contribution in [1.82, 2.24) is 8.96 Å². The highest BCUT2D eigenvalue weighted by Crippen LogP contribution is 2.30. The fraction of sp³-hybridized carbons (Fsp3) is 0.417. The van der Waals surface area contributed by atoms with Gasteiger partial charge in [0, 0.05) is 16.0 Å². The van der Waals surface area contributed by atoms with Crippen LogP contribution in [0, 0.1) is 9.49 Å². The lowest BCUT2D eigenvalue weighted by molar-refractivity contribution is 0.539. The Morgan fingerprint density at radius 1 is 1.37 bits per heavy atom. The monoisotopic (exact) mass is 412 g/mol. The van der Waals surface area contributed by atoms with Gasteiger partial charge in [0.1, 0.15) is 0 Å². The number of aromatic nitrogens is 2. The molecule has 0 amide bonds. The van der Waals surface area contributed by atoms with Crippen molar-refractivity contribution in [1.29, 1.82) is 0 Å². The summed E-state index contributed by atoms with van der Waals surface area (Å²) in [5.74, 6) is 0.0271. The maximum absolute atomic E-state index is 12.6. The second-order valence-electron chi connectivity index (χ2n) is 4.76. The van der Waals surface area contributed by atoms with E-state index in [0.29, 0.717) is 16.1 Å². The minimum atomic E-state index is -3.47. The zero-order chi connectivity index (χ0) is 14.4. The molecule has 19 heavy (non-hydrogen) atoms. The first-order chi connectivity index (χ1) is 8.76. The van der Waals surface area contributed by atoms with Gasteiger partial charge < -0.3 is 0 Å². The van der Waals surface area contributed by atoms with Gasteiger partial charge in [-0.05, 0) is 41.5 Å². The Morgan fingerprint density at radius 3 is 2.58 bits per heavy atom. The summed E-state index contributed by atoms with van der Waals surface area (Å²) in [4.78, 5) is 4.17. The smallest absolute Gasteiger partial charge is 0.237 e. The van der Waals surface area contributed by atoms with E-state index in [1.165, 1.54) is 10.2 Å². The SMILES string of the molecule is CC(C)C(C)S(=O)(=O)n1cc(I)c2c(Cl)ccnc21. The van der Waals surface area contributed by atoms with Crippen LogP contribution in [0.4, 0.5) is 0 Å². The molecule has 2 rings (SSSR count). The Kier molecular flexibility index (Phi) is 4.13. The molecule has 2 aromatic rings. The molecule has 0 aromatic carbocycles. The lowest BCUT2D eigenvalue weighted by Gasteiger charge is -2.17. The van der Waals surface area contributed by atoms with Crippen LogP contribution in [0.1, 0.15) is 20.8 Å². The van der Waals surface area contributed by atoms with Crippen molar-refractivity contribution in [3.05, 3.63) is 27.1 Å². The van der Waals surface area contributed by atoms with Crippen molar-refractivity contribution in [2.45, 2.75) is 26.0 Å². The fourth-order valence-electron chi connectivity index (χ4n) is 1.76. The third kappa shape index (κ3) is 2.50. The van der Waals surface area contributed by atoms with Crippen LogP contribution in [0.5, 0.6) is 0 Å². The number of fused-ring (bicyclic) bond motifs is 1. The number of pyridine rings is 1. The Labute approximate surface area is 131 Å². The highest BCUT2D eigenvalue weighted by atomic mass is 127. The van der Waals surface area contributed by atoms with Crippen LogP contribution in [-0.2, 0) is 10.0 Å². The molecule has 1 unspecified atom stereocenters. The van der Waals surface area contributed by atoms with Gasteiger partial charge in [-0.3, -0.25) is 0 Å². The molecule has 104 valence electrons. The minimum absolute atomic E-state index is 0.0271. The molecule has 2 aromatic heterocycles. The highest BCUT2D eigenvalue weighted by molar-refractivity contribution is 14.1. The summed E-state index contributed by atoms with van der Waals surface area (Å²) in [6.07, 6.45) is 3.10. The molecule has 0 N–H and O–H groups in total. The van der Waals surface area contributed by atoms with Crippen LogP contribution in [0.25, 0.3) is 11.0 Å². The van der Waals surface area contributed by atoms with Gasteiger partial charge in [0.15, 0.2) is 5.65 Å². The summed E-state index contributed by atoms with van der Waals surface area (Å²) >= 11 is 8.19. The molecule has 1 atom stereocenters. The van der Waals surface area contributed by atoms with Crippen LogP contribution < -0.4 is 0 Å². The van der Waals surface area contributed by atoms with Crippen molar-refractivity contribution in [3.8, 4) is 0 Å². The Morgan fingerprint density at radius 2 is 2.00 bits per heavy atom.